The van der Waals surface area contributed by atoms with Crippen LogP contribution in [-0.2, 0) is 6.42 Å². The molecule has 2 rings (SSSR count). The maximum absolute atomic E-state index is 10.8. The standard InChI is InChI=1S/C17H16N2O2/c1-12-2-5-15(11-18)16(10-12)19-9-8-13-3-6-14(7-4-13)17(20)21/h2-7,10,19H,8-9H2,1H3,(H,20,21). The van der Waals surface area contributed by atoms with Crippen LogP contribution in [0.2, 0.25) is 0 Å². The highest BCUT2D eigenvalue weighted by atomic mass is 16.4. The number of benzene rings is 2. The van der Waals surface area contributed by atoms with Gasteiger partial charge in [0.2, 0.25) is 0 Å². The van der Waals surface area contributed by atoms with Gasteiger partial charge in [-0.3, -0.25) is 0 Å². The van der Waals surface area contributed by atoms with Crippen molar-refractivity contribution < 1.29 is 9.90 Å². The number of rotatable bonds is 5. The second kappa shape index (κ2) is 6.58. The molecule has 0 saturated heterocycles. The summed E-state index contributed by atoms with van der Waals surface area (Å²) in [6.07, 6.45) is 0.763. The third-order valence-corrected chi connectivity index (χ3v) is 3.23. The number of nitrogens with one attached hydrogen (secondary N) is 1. The first-order chi connectivity index (χ1) is 10.1. The number of nitrogens with zero attached hydrogens (tertiary/aromatic N) is 1. The highest BCUT2D eigenvalue weighted by molar-refractivity contribution is 5.87. The fraction of sp³-hybridized carbons (Fsp3) is 0.176. The van der Waals surface area contributed by atoms with Crippen molar-refractivity contribution in [2.24, 2.45) is 0 Å². The first-order valence-electron chi connectivity index (χ1n) is 6.67. The smallest absolute Gasteiger partial charge is 0.335 e. The molecule has 106 valence electrons. The summed E-state index contributed by atoms with van der Waals surface area (Å²) >= 11 is 0. The summed E-state index contributed by atoms with van der Waals surface area (Å²) in [5.41, 5.74) is 3.90. The van der Waals surface area contributed by atoms with Gasteiger partial charge in [-0.05, 0) is 48.7 Å². The molecule has 0 atom stereocenters. The van der Waals surface area contributed by atoms with Gasteiger partial charge in [-0.2, -0.15) is 5.26 Å². The van der Waals surface area contributed by atoms with E-state index in [1.165, 1.54) is 0 Å². The summed E-state index contributed by atoms with van der Waals surface area (Å²) in [6, 6.07) is 14.7. The molecule has 0 fully saturated rings. The molecule has 4 nitrogen and oxygen atoms in total. The second-order valence-corrected chi connectivity index (χ2v) is 4.84. The van der Waals surface area contributed by atoms with E-state index in [-0.39, 0.29) is 5.56 Å². The van der Waals surface area contributed by atoms with Gasteiger partial charge in [0.15, 0.2) is 0 Å². The summed E-state index contributed by atoms with van der Waals surface area (Å²) in [4.78, 5) is 10.8. The summed E-state index contributed by atoms with van der Waals surface area (Å²) < 4.78 is 0. The quantitative estimate of drug-likeness (QED) is 0.882. The Morgan fingerprint density at radius 1 is 1.24 bits per heavy atom. The zero-order chi connectivity index (χ0) is 15.2. The Labute approximate surface area is 123 Å². The molecule has 4 heteroatoms. The molecular weight excluding hydrogens is 264 g/mol. The van der Waals surface area contributed by atoms with Crippen LogP contribution in [0.3, 0.4) is 0 Å². The van der Waals surface area contributed by atoms with Gasteiger partial charge in [-0.25, -0.2) is 4.79 Å². The molecule has 0 aliphatic rings. The average molecular weight is 280 g/mol. The fourth-order valence-electron chi connectivity index (χ4n) is 2.06. The van der Waals surface area contributed by atoms with Crippen molar-refractivity contribution in [1.82, 2.24) is 0 Å². The maximum atomic E-state index is 10.8. The molecule has 21 heavy (non-hydrogen) atoms. The van der Waals surface area contributed by atoms with Crippen LogP contribution in [-0.4, -0.2) is 17.6 Å². The predicted molar refractivity (Wildman–Crippen MR) is 81.5 cm³/mol. The van der Waals surface area contributed by atoms with Crippen molar-refractivity contribution in [3.8, 4) is 6.07 Å². The Kier molecular flexibility index (Phi) is 4.57. The maximum Gasteiger partial charge on any atom is 0.335 e. The second-order valence-electron chi connectivity index (χ2n) is 4.84. The van der Waals surface area contributed by atoms with Crippen molar-refractivity contribution in [1.29, 1.82) is 5.26 Å². The van der Waals surface area contributed by atoms with Crippen LogP contribution in [0.25, 0.3) is 0 Å². The third-order valence-electron chi connectivity index (χ3n) is 3.23. The molecule has 0 bridgehead atoms. The summed E-state index contributed by atoms with van der Waals surface area (Å²) in [5, 5.41) is 21.2. The van der Waals surface area contributed by atoms with E-state index < -0.39 is 5.97 Å². The van der Waals surface area contributed by atoms with Crippen molar-refractivity contribution >= 4 is 11.7 Å². The van der Waals surface area contributed by atoms with Gasteiger partial charge in [-0.15, -0.1) is 0 Å². The number of hydrogen-bond donors (Lipinski definition) is 2. The van der Waals surface area contributed by atoms with E-state index in [1.807, 2.05) is 31.2 Å². The van der Waals surface area contributed by atoms with E-state index >= 15 is 0 Å². The van der Waals surface area contributed by atoms with Gasteiger partial charge in [0.1, 0.15) is 6.07 Å². The lowest BCUT2D eigenvalue weighted by Gasteiger charge is -2.09. The zero-order valence-electron chi connectivity index (χ0n) is 11.8. The van der Waals surface area contributed by atoms with E-state index in [4.69, 9.17) is 10.4 Å². The number of hydrogen-bond acceptors (Lipinski definition) is 3. The van der Waals surface area contributed by atoms with Gasteiger partial charge in [0, 0.05) is 6.54 Å². The minimum absolute atomic E-state index is 0.289. The molecule has 0 aromatic heterocycles. The Morgan fingerprint density at radius 2 is 1.95 bits per heavy atom. The largest absolute Gasteiger partial charge is 0.478 e. The Bertz CT molecular complexity index is 685. The van der Waals surface area contributed by atoms with Crippen LogP contribution >= 0.6 is 0 Å². The van der Waals surface area contributed by atoms with Gasteiger partial charge in [-0.1, -0.05) is 18.2 Å². The topological polar surface area (TPSA) is 73.1 Å². The summed E-state index contributed by atoms with van der Waals surface area (Å²) in [5.74, 6) is -0.918. The van der Waals surface area contributed by atoms with E-state index in [0.717, 1.165) is 23.2 Å². The molecule has 2 N–H and O–H groups in total. The highest BCUT2D eigenvalue weighted by Crippen LogP contribution is 2.16. The lowest BCUT2D eigenvalue weighted by molar-refractivity contribution is 0.0697. The Hall–Kier alpha value is -2.80. The fourth-order valence-corrected chi connectivity index (χ4v) is 2.06. The van der Waals surface area contributed by atoms with Gasteiger partial charge < -0.3 is 10.4 Å². The first kappa shape index (κ1) is 14.6. The molecule has 0 radical (unpaired) electrons. The van der Waals surface area contributed by atoms with E-state index in [0.29, 0.717) is 12.1 Å². The first-order valence-corrected chi connectivity index (χ1v) is 6.67. The number of nitriles is 1. The number of carboxylic acid groups (broad SMARTS) is 1. The molecule has 2 aromatic rings. The monoisotopic (exact) mass is 280 g/mol. The van der Waals surface area contributed by atoms with Gasteiger partial charge >= 0.3 is 5.97 Å². The average Bonchev–Trinajstić information content (AvgIpc) is 2.48. The molecule has 0 unspecified atom stereocenters. The summed E-state index contributed by atoms with van der Waals surface area (Å²) in [7, 11) is 0. The molecule has 0 spiro atoms. The molecule has 0 aliphatic heterocycles. The minimum Gasteiger partial charge on any atom is -0.478 e. The molecular formula is C17H16N2O2. The normalized spacial score (nSPS) is 9.90. The van der Waals surface area contributed by atoms with Gasteiger partial charge in [0.05, 0.1) is 16.8 Å². The number of anilines is 1. The van der Waals surface area contributed by atoms with Crippen molar-refractivity contribution in [2.45, 2.75) is 13.3 Å². The zero-order valence-corrected chi connectivity index (χ0v) is 11.8. The number of aromatic carboxylic acids is 1. The SMILES string of the molecule is Cc1ccc(C#N)c(NCCc2ccc(C(=O)O)cc2)c1. The number of carbonyl (C=O) groups is 1. The number of aryl methyl sites for hydroxylation is 1. The molecule has 2 aromatic carbocycles. The van der Waals surface area contributed by atoms with Crippen LogP contribution in [0.15, 0.2) is 42.5 Å². The van der Waals surface area contributed by atoms with Crippen LogP contribution in [0.5, 0.6) is 0 Å². The molecule has 0 saturated carbocycles. The Morgan fingerprint density at radius 3 is 2.57 bits per heavy atom. The van der Waals surface area contributed by atoms with Crippen LogP contribution in [0.1, 0.15) is 27.0 Å². The predicted octanol–water partition coefficient (Wildman–Crippen LogP) is 3.22. The van der Waals surface area contributed by atoms with E-state index in [2.05, 4.69) is 11.4 Å². The molecule has 0 heterocycles. The van der Waals surface area contributed by atoms with Crippen LogP contribution in [0, 0.1) is 18.3 Å². The van der Waals surface area contributed by atoms with Crippen molar-refractivity contribution in [3.05, 3.63) is 64.7 Å². The molecule has 0 aliphatic carbocycles. The van der Waals surface area contributed by atoms with E-state index in [1.54, 1.807) is 18.2 Å². The lowest BCUT2D eigenvalue weighted by atomic mass is 10.1. The summed E-state index contributed by atoms with van der Waals surface area (Å²) in [6.45, 7) is 2.67. The van der Waals surface area contributed by atoms with Crippen LogP contribution in [0.4, 0.5) is 5.69 Å². The highest BCUT2D eigenvalue weighted by Gasteiger charge is 2.03. The third kappa shape index (κ3) is 3.83. The number of carboxylic acids is 1. The van der Waals surface area contributed by atoms with Crippen LogP contribution < -0.4 is 5.32 Å². The van der Waals surface area contributed by atoms with Crippen molar-refractivity contribution in [2.75, 3.05) is 11.9 Å². The van der Waals surface area contributed by atoms with E-state index in [9.17, 15) is 4.79 Å². The lowest BCUT2D eigenvalue weighted by Crippen LogP contribution is -2.06. The minimum atomic E-state index is -0.918. The Balaban J connectivity index is 1.97. The van der Waals surface area contributed by atoms with Crippen molar-refractivity contribution in [3.63, 3.8) is 0 Å². The molecule has 0 amide bonds. The van der Waals surface area contributed by atoms with Gasteiger partial charge in [0.25, 0.3) is 0 Å².